The van der Waals surface area contributed by atoms with Crippen LogP contribution in [0.25, 0.3) is 0 Å². The van der Waals surface area contributed by atoms with Crippen LogP contribution in [0.15, 0.2) is 23.2 Å². The highest BCUT2D eigenvalue weighted by Gasteiger charge is 2.20. The first-order valence-electron chi connectivity index (χ1n) is 5.55. The van der Waals surface area contributed by atoms with E-state index in [0.717, 1.165) is 24.3 Å². The summed E-state index contributed by atoms with van der Waals surface area (Å²) in [5, 5.41) is 3.03. The van der Waals surface area contributed by atoms with Gasteiger partial charge in [-0.25, -0.2) is 4.99 Å². The van der Waals surface area contributed by atoms with E-state index in [1.807, 2.05) is 12.1 Å². The minimum atomic E-state index is 0.395. The first-order valence-corrected chi connectivity index (χ1v) is 5.55. The van der Waals surface area contributed by atoms with E-state index >= 15 is 0 Å². The molecule has 1 saturated carbocycles. The minimum Gasteiger partial charge on any atom is -0.497 e. The van der Waals surface area contributed by atoms with Crippen LogP contribution in [0, 0.1) is 0 Å². The zero-order valence-electron chi connectivity index (χ0n) is 10.1. The molecule has 0 amide bonds. The van der Waals surface area contributed by atoms with Crippen molar-refractivity contribution >= 4 is 11.6 Å². The van der Waals surface area contributed by atoms with E-state index in [9.17, 15) is 0 Å². The Morgan fingerprint density at radius 3 is 2.71 bits per heavy atom. The van der Waals surface area contributed by atoms with Crippen LogP contribution in [0.1, 0.15) is 12.8 Å². The number of anilines is 1. The van der Waals surface area contributed by atoms with Gasteiger partial charge in [0.15, 0.2) is 5.96 Å². The molecule has 1 fully saturated rings. The topological polar surface area (TPSA) is 68.9 Å². The largest absolute Gasteiger partial charge is 0.497 e. The Bertz CT molecular complexity index is 428. The third kappa shape index (κ3) is 3.03. The summed E-state index contributed by atoms with van der Waals surface area (Å²) in [6, 6.07) is 5.89. The van der Waals surface area contributed by atoms with Crippen molar-refractivity contribution in [3.05, 3.63) is 18.2 Å². The average Bonchev–Trinajstić information content (AvgIpc) is 3.13. The van der Waals surface area contributed by atoms with Gasteiger partial charge < -0.3 is 20.5 Å². The van der Waals surface area contributed by atoms with Crippen LogP contribution in [-0.2, 0) is 0 Å². The first kappa shape index (κ1) is 11.6. The van der Waals surface area contributed by atoms with Gasteiger partial charge in [0.25, 0.3) is 0 Å². The molecular formula is C12H17N3O2. The lowest BCUT2D eigenvalue weighted by atomic mass is 10.2. The van der Waals surface area contributed by atoms with Crippen molar-refractivity contribution in [3.63, 3.8) is 0 Å². The van der Waals surface area contributed by atoms with Crippen LogP contribution >= 0.6 is 0 Å². The average molecular weight is 235 g/mol. The number of nitrogens with two attached hydrogens (primary N) is 1. The zero-order chi connectivity index (χ0) is 12.3. The van der Waals surface area contributed by atoms with Crippen LogP contribution in [0.2, 0.25) is 0 Å². The van der Waals surface area contributed by atoms with Crippen LogP contribution in [-0.4, -0.2) is 26.2 Å². The second kappa shape index (κ2) is 4.95. The molecule has 5 nitrogen and oxygen atoms in total. The number of nitrogens with one attached hydrogen (secondary N) is 1. The Balaban J connectivity index is 2.13. The number of guanidine groups is 1. The maximum absolute atomic E-state index is 5.79. The maximum atomic E-state index is 5.79. The Labute approximate surface area is 101 Å². The highest BCUT2D eigenvalue weighted by atomic mass is 16.5. The Morgan fingerprint density at radius 2 is 2.12 bits per heavy atom. The molecule has 0 aromatic heterocycles. The zero-order valence-corrected chi connectivity index (χ0v) is 10.1. The van der Waals surface area contributed by atoms with Gasteiger partial charge in [-0.1, -0.05) is 0 Å². The number of nitrogens with zero attached hydrogens (tertiary/aromatic N) is 1. The Morgan fingerprint density at radius 1 is 1.35 bits per heavy atom. The molecule has 1 aliphatic carbocycles. The van der Waals surface area contributed by atoms with Crippen molar-refractivity contribution < 1.29 is 9.47 Å². The van der Waals surface area contributed by atoms with Gasteiger partial charge in [0.2, 0.25) is 0 Å². The number of aliphatic imine (C=N–C) groups is 1. The van der Waals surface area contributed by atoms with E-state index in [1.54, 1.807) is 20.3 Å². The van der Waals surface area contributed by atoms with Crippen molar-refractivity contribution in [1.29, 1.82) is 0 Å². The lowest BCUT2D eigenvalue weighted by Crippen LogP contribution is -2.23. The summed E-state index contributed by atoms with van der Waals surface area (Å²) in [6.07, 6.45) is 2.25. The Hall–Kier alpha value is -1.91. The molecule has 0 heterocycles. The number of methoxy groups -OCH3 is 2. The summed E-state index contributed by atoms with van der Waals surface area (Å²) in [5.74, 6) is 1.85. The van der Waals surface area contributed by atoms with Crippen LogP contribution in [0.3, 0.4) is 0 Å². The van der Waals surface area contributed by atoms with E-state index < -0.39 is 0 Å². The predicted molar refractivity (Wildman–Crippen MR) is 67.8 cm³/mol. The van der Waals surface area contributed by atoms with Gasteiger partial charge >= 0.3 is 0 Å². The molecule has 5 heteroatoms. The fourth-order valence-electron chi connectivity index (χ4n) is 1.47. The molecule has 3 N–H and O–H groups in total. The fourth-order valence-corrected chi connectivity index (χ4v) is 1.47. The molecule has 0 atom stereocenters. The highest BCUT2D eigenvalue weighted by Crippen LogP contribution is 2.29. The highest BCUT2D eigenvalue weighted by molar-refractivity contribution is 5.94. The van der Waals surface area contributed by atoms with Gasteiger partial charge in [-0.3, -0.25) is 0 Å². The maximum Gasteiger partial charge on any atom is 0.193 e. The molecule has 1 aromatic carbocycles. The molecule has 0 aliphatic heterocycles. The number of benzene rings is 1. The first-order chi connectivity index (χ1) is 8.22. The van der Waals surface area contributed by atoms with E-state index in [0.29, 0.717) is 17.8 Å². The molecule has 2 rings (SSSR count). The molecule has 0 spiro atoms. The summed E-state index contributed by atoms with van der Waals surface area (Å²) in [6.45, 7) is 0. The summed E-state index contributed by atoms with van der Waals surface area (Å²) < 4.78 is 10.4. The van der Waals surface area contributed by atoms with Crippen LogP contribution in [0.4, 0.5) is 5.69 Å². The van der Waals surface area contributed by atoms with E-state index in [-0.39, 0.29) is 0 Å². The number of hydrogen-bond donors (Lipinski definition) is 2. The van der Waals surface area contributed by atoms with E-state index in [1.165, 1.54) is 0 Å². The van der Waals surface area contributed by atoms with Crippen molar-refractivity contribution in [3.8, 4) is 11.5 Å². The molecule has 0 bridgehead atoms. The molecule has 0 radical (unpaired) electrons. The van der Waals surface area contributed by atoms with Crippen molar-refractivity contribution in [1.82, 2.24) is 0 Å². The fraction of sp³-hybridized carbons (Fsp3) is 0.417. The normalized spacial score (nSPS) is 15.5. The second-order valence-electron chi connectivity index (χ2n) is 3.94. The third-order valence-corrected chi connectivity index (χ3v) is 2.54. The van der Waals surface area contributed by atoms with Gasteiger partial charge in [0, 0.05) is 6.07 Å². The summed E-state index contributed by atoms with van der Waals surface area (Å²) >= 11 is 0. The van der Waals surface area contributed by atoms with Crippen molar-refractivity contribution in [2.45, 2.75) is 18.9 Å². The molecule has 17 heavy (non-hydrogen) atoms. The van der Waals surface area contributed by atoms with Gasteiger partial charge in [-0.2, -0.15) is 0 Å². The van der Waals surface area contributed by atoms with E-state index in [2.05, 4.69) is 10.3 Å². The lowest BCUT2D eigenvalue weighted by Gasteiger charge is -2.11. The number of ether oxygens (including phenoxy) is 2. The SMILES string of the molecule is COc1ccc(NC(N)=NC2CC2)c(OC)c1. The van der Waals surface area contributed by atoms with Gasteiger partial charge in [0.05, 0.1) is 25.9 Å². The number of rotatable bonds is 4. The van der Waals surface area contributed by atoms with Gasteiger partial charge in [-0.15, -0.1) is 0 Å². The smallest absolute Gasteiger partial charge is 0.193 e. The molecule has 92 valence electrons. The molecule has 1 aliphatic rings. The summed E-state index contributed by atoms with van der Waals surface area (Å²) in [7, 11) is 3.22. The molecular weight excluding hydrogens is 218 g/mol. The van der Waals surface area contributed by atoms with Gasteiger partial charge in [0.1, 0.15) is 11.5 Å². The standard InChI is InChI=1S/C12H17N3O2/c1-16-9-5-6-10(11(7-9)17-2)15-12(13)14-8-3-4-8/h5-8H,3-4H2,1-2H3,(H3,13,14,15). The quantitative estimate of drug-likeness (QED) is 0.614. The van der Waals surface area contributed by atoms with E-state index in [4.69, 9.17) is 15.2 Å². The summed E-state index contributed by atoms with van der Waals surface area (Å²) in [5.41, 5.74) is 6.58. The minimum absolute atomic E-state index is 0.395. The van der Waals surface area contributed by atoms with Crippen molar-refractivity contribution in [2.24, 2.45) is 10.7 Å². The molecule has 0 saturated heterocycles. The van der Waals surface area contributed by atoms with Crippen LogP contribution < -0.4 is 20.5 Å². The predicted octanol–water partition coefficient (Wildman–Crippen LogP) is 1.59. The molecule has 0 unspecified atom stereocenters. The number of hydrogen-bond acceptors (Lipinski definition) is 3. The summed E-state index contributed by atoms with van der Waals surface area (Å²) in [4.78, 5) is 4.30. The monoisotopic (exact) mass is 235 g/mol. The lowest BCUT2D eigenvalue weighted by molar-refractivity contribution is 0.395. The molecule has 1 aromatic rings. The Kier molecular flexibility index (Phi) is 3.37. The third-order valence-electron chi connectivity index (χ3n) is 2.54. The van der Waals surface area contributed by atoms with Crippen molar-refractivity contribution in [2.75, 3.05) is 19.5 Å². The second-order valence-corrected chi connectivity index (χ2v) is 3.94. The van der Waals surface area contributed by atoms with Crippen LogP contribution in [0.5, 0.6) is 11.5 Å². The van der Waals surface area contributed by atoms with Gasteiger partial charge in [-0.05, 0) is 25.0 Å².